The van der Waals surface area contributed by atoms with E-state index in [2.05, 4.69) is 20.5 Å². The zero-order chi connectivity index (χ0) is 16.1. The van der Waals surface area contributed by atoms with Gasteiger partial charge in [-0.05, 0) is 44.0 Å². The Morgan fingerprint density at radius 1 is 1.36 bits per heavy atom. The molecule has 0 fully saturated rings. The van der Waals surface area contributed by atoms with Gasteiger partial charge in [0.05, 0.1) is 5.56 Å². The molecular weight excluding hydrogens is 344 g/mol. The molecule has 0 saturated heterocycles. The van der Waals surface area contributed by atoms with Crippen LogP contribution in [-0.4, -0.2) is 23.7 Å². The van der Waals surface area contributed by atoms with Crippen molar-refractivity contribution in [2.45, 2.75) is 26.8 Å². The van der Waals surface area contributed by atoms with Gasteiger partial charge in [0, 0.05) is 35.6 Å². The molecule has 22 heavy (non-hydrogen) atoms. The van der Waals surface area contributed by atoms with E-state index in [-0.39, 0.29) is 0 Å². The number of amides is 1. The molecule has 2 aromatic rings. The zero-order valence-electron chi connectivity index (χ0n) is 12.9. The molecule has 0 unspecified atom stereocenters. The number of ether oxygens (including phenoxy) is 1. The summed E-state index contributed by atoms with van der Waals surface area (Å²) in [6.07, 6.45) is 0.891. The van der Waals surface area contributed by atoms with Crippen LogP contribution in [0.5, 0.6) is 0 Å². The zero-order valence-corrected chi connectivity index (χ0v) is 14.5. The first-order chi connectivity index (χ1) is 10.5. The van der Waals surface area contributed by atoms with Crippen LogP contribution in [-0.2, 0) is 11.3 Å². The lowest BCUT2D eigenvalue weighted by Crippen LogP contribution is -2.13. The quantitative estimate of drug-likeness (QED) is 0.760. The summed E-state index contributed by atoms with van der Waals surface area (Å²) in [7, 11) is 0. The van der Waals surface area contributed by atoms with Crippen LogP contribution in [0.15, 0.2) is 34.8 Å². The summed E-state index contributed by atoms with van der Waals surface area (Å²) in [6, 6.07) is 9.91. The van der Waals surface area contributed by atoms with Crippen molar-refractivity contribution in [1.29, 1.82) is 0 Å². The van der Waals surface area contributed by atoms with Crippen molar-refractivity contribution in [3.8, 4) is 11.3 Å². The largest absolute Gasteiger partial charge is 0.382 e. The number of primary amides is 1. The third-order valence-corrected chi connectivity index (χ3v) is 4.12. The van der Waals surface area contributed by atoms with E-state index in [9.17, 15) is 4.79 Å². The Kier molecular flexibility index (Phi) is 5.80. The number of nitrogens with two attached hydrogens (primary N) is 1. The molecule has 1 aromatic heterocycles. The van der Waals surface area contributed by atoms with E-state index >= 15 is 0 Å². The minimum atomic E-state index is -0.391. The maximum atomic E-state index is 11.6. The van der Waals surface area contributed by atoms with Gasteiger partial charge in [-0.15, -0.1) is 0 Å². The van der Waals surface area contributed by atoms with Gasteiger partial charge in [0.1, 0.15) is 0 Å². The lowest BCUT2D eigenvalue weighted by molar-refractivity contribution is 0.0999. The van der Waals surface area contributed by atoms with Crippen LogP contribution in [0.3, 0.4) is 0 Å². The second-order valence-electron chi connectivity index (χ2n) is 5.11. The minimum absolute atomic E-state index is 0.391. The molecule has 2 rings (SSSR count). The maximum absolute atomic E-state index is 11.6. The first-order valence-electron chi connectivity index (χ1n) is 7.38. The van der Waals surface area contributed by atoms with Crippen molar-refractivity contribution >= 4 is 21.8 Å². The van der Waals surface area contributed by atoms with Crippen molar-refractivity contribution in [2.24, 2.45) is 5.73 Å². The normalized spacial score (nSPS) is 10.9. The molecule has 1 aromatic carbocycles. The van der Waals surface area contributed by atoms with Gasteiger partial charge in [0.25, 0.3) is 5.91 Å². The second kappa shape index (κ2) is 7.61. The lowest BCUT2D eigenvalue weighted by Gasteiger charge is -2.12. The van der Waals surface area contributed by atoms with Gasteiger partial charge in [-0.25, -0.2) is 0 Å². The fourth-order valence-corrected chi connectivity index (χ4v) is 2.94. The van der Waals surface area contributed by atoms with Crippen LogP contribution in [0.25, 0.3) is 11.3 Å². The van der Waals surface area contributed by atoms with Crippen LogP contribution >= 0.6 is 15.9 Å². The Morgan fingerprint density at radius 2 is 2.14 bits per heavy atom. The molecule has 5 heteroatoms. The molecule has 0 aliphatic heterocycles. The predicted molar refractivity (Wildman–Crippen MR) is 91.9 cm³/mol. The molecule has 0 atom stereocenters. The van der Waals surface area contributed by atoms with E-state index in [0.717, 1.165) is 41.0 Å². The lowest BCUT2D eigenvalue weighted by atomic mass is 10.1. The first-order valence-corrected chi connectivity index (χ1v) is 8.17. The third-order valence-electron chi connectivity index (χ3n) is 3.63. The molecule has 1 heterocycles. The number of carbonyl (C=O) groups excluding carboxylic acids is 1. The van der Waals surface area contributed by atoms with E-state index in [1.54, 1.807) is 0 Å². The fourth-order valence-electron chi connectivity index (χ4n) is 2.54. The molecular formula is C17H21BrN2O2. The number of nitrogens with zero attached hydrogens (tertiary/aromatic N) is 1. The van der Waals surface area contributed by atoms with Crippen LogP contribution in [0.1, 0.15) is 29.4 Å². The van der Waals surface area contributed by atoms with E-state index in [1.165, 1.54) is 0 Å². The standard InChI is InChI=1S/C17H21BrN2O2/c1-3-22-9-5-8-20-12(2)15(17(19)21)11-16(20)13-6-4-7-14(18)10-13/h4,6-7,10-11H,3,5,8-9H2,1-2H3,(H2,19,21). The number of carbonyl (C=O) groups is 1. The maximum Gasteiger partial charge on any atom is 0.250 e. The van der Waals surface area contributed by atoms with Crippen LogP contribution in [0, 0.1) is 6.92 Å². The summed E-state index contributed by atoms with van der Waals surface area (Å²) in [5.41, 5.74) is 9.03. The molecule has 1 amide bonds. The highest BCUT2D eigenvalue weighted by Crippen LogP contribution is 2.28. The molecule has 0 radical (unpaired) electrons. The van der Waals surface area contributed by atoms with E-state index in [1.807, 2.05) is 44.2 Å². The average Bonchev–Trinajstić information content (AvgIpc) is 2.81. The number of aromatic nitrogens is 1. The molecule has 0 spiro atoms. The second-order valence-corrected chi connectivity index (χ2v) is 6.02. The summed E-state index contributed by atoms with van der Waals surface area (Å²) in [5, 5.41) is 0. The SMILES string of the molecule is CCOCCCn1c(-c2cccc(Br)c2)cc(C(N)=O)c1C. The van der Waals surface area contributed by atoms with Gasteiger partial charge >= 0.3 is 0 Å². The van der Waals surface area contributed by atoms with Gasteiger partial charge in [-0.2, -0.15) is 0 Å². The van der Waals surface area contributed by atoms with Crippen molar-refractivity contribution in [1.82, 2.24) is 4.57 Å². The van der Waals surface area contributed by atoms with Gasteiger partial charge < -0.3 is 15.0 Å². The Hall–Kier alpha value is -1.59. The van der Waals surface area contributed by atoms with Crippen molar-refractivity contribution < 1.29 is 9.53 Å². The van der Waals surface area contributed by atoms with Crippen molar-refractivity contribution in [3.05, 3.63) is 46.1 Å². The van der Waals surface area contributed by atoms with Gasteiger partial charge in [-0.3, -0.25) is 4.79 Å². The van der Waals surface area contributed by atoms with E-state index < -0.39 is 5.91 Å². The monoisotopic (exact) mass is 364 g/mol. The summed E-state index contributed by atoms with van der Waals surface area (Å²) in [6.45, 7) is 6.13. The number of rotatable bonds is 7. The highest BCUT2D eigenvalue weighted by molar-refractivity contribution is 9.10. The fraction of sp³-hybridized carbons (Fsp3) is 0.353. The van der Waals surface area contributed by atoms with Crippen LogP contribution < -0.4 is 5.73 Å². The van der Waals surface area contributed by atoms with Crippen molar-refractivity contribution in [3.63, 3.8) is 0 Å². The van der Waals surface area contributed by atoms with Gasteiger partial charge in [0.2, 0.25) is 0 Å². The van der Waals surface area contributed by atoms with Crippen LogP contribution in [0.2, 0.25) is 0 Å². The molecule has 2 N–H and O–H groups in total. The molecule has 4 nitrogen and oxygen atoms in total. The van der Waals surface area contributed by atoms with Crippen LogP contribution in [0.4, 0.5) is 0 Å². The molecule has 118 valence electrons. The van der Waals surface area contributed by atoms with E-state index in [4.69, 9.17) is 10.5 Å². The van der Waals surface area contributed by atoms with Gasteiger partial charge in [0.15, 0.2) is 0 Å². The summed E-state index contributed by atoms with van der Waals surface area (Å²) in [5.74, 6) is -0.391. The molecule has 0 aliphatic rings. The Morgan fingerprint density at radius 3 is 2.77 bits per heavy atom. The summed E-state index contributed by atoms with van der Waals surface area (Å²) in [4.78, 5) is 11.6. The number of benzene rings is 1. The third kappa shape index (κ3) is 3.78. The first kappa shape index (κ1) is 16.8. The topological polar surface area (TPSA) is 57.2 Å². The molecule has 0 bridgehead atoms. The van der Waals surface area contributed by atoms with Crippen molar-refractivity contribution in [2.75, 3.05) is 13.2 Å². The highest BCUT2D eigenvalue weighted by atomic mass is 79.9. The Labute approximate surface area is 139 Å². The number of halogens is 1. The Balaban J connectivity index is 2.38. The summed E-state index contributed by atoms with van der Waals surface area (Å²) < 4.78 is 8.55. The summed E-state index contributed by atoms with van der Waals surface area (Å²) >= 11 is 3.49. The number of hydrogen-bond donors (Lipinski definition) is 1. The average molecular weight is 365 g/mol. The predicted octanol–water partition coefficient (Wildman–Crippen LogP) is 3.75. The Bertz CT molecular complexity index is 665. The van der Waals surface area contributed by atoms with Gasteiger partial charge in [-0.1, -0.05) is 28.1 Å². The van der Waals surface area contributed by atoms with E-state index in [0.29, 0.717) is 12.2 Å². The highest BCUT2D eigenvalue weighted by Gasteiger charge is 2.16. The molecule has 0 saturated carbocycles. The minimum Gasteiger partial charge on any atom is -0.382 e. The smallest absolute Gasteiger partial charge is 0.250 e. The molecule has 0 aliphatic carbocycles. The number of hydrogen-bond acceptors (Lipinski definition) is 2.